The molecule has 0 aromatic heterocycles. The van der Waals surface area contributed by atoms with Crippen LogP contribution in [-0.2, 0) is 22.6 Å². The number of rotatable bonds is 12. The zero-order chi connectivity index (χ0) is 24.2. The minimum absolute atomic E-state index is 0.0589. The lowest BCUT2D eigenvalue weighted by Gasteiger charge is -2.32. The summed E-state index contributed by atoms with van der Waals surface area (Å²) in [5.41, 5.74) is 2.83. The molecule has 1 unspecified atom stereocenters. The van der Waals surface area contributed by atoms with Crippen LogP contribution >= 0.6 is 11.6 Å². The molecular formula is C29H33ClN2O2. The maximum Gasteiger partial charge on any atom is 0.247 e. The summed E-state index contributed by atoms with van der Waals surface area (Å²) in [5, 5.41) is 3.70. The van der Waals surface area contributed by atoms with E-state index < -0.39 is 6.04 Å². The molecule has 0 radical (unpaired) electrons. The summed E-state index contributed by atoms with van der Waals surface area (Å²) in [4.78, 5) is 28.8. The maximum absolute atomic E-state index is 13.6. The van der Waals surface area contributed by atoms with Crippen LogP contribution in [0.1, 0.15) is 55.3 Å². The topological polar surface area (TPSA) is 49.4 Å². The SMILES string of the molecule is CCCCCNC(=O)C(c1ccccc1)N(Cc1ccc(Cl)cc1)C(=O)CCc1ccccc1. The van der Waals surface area contributed by atoms with Gasteiger partial charge < -0.3 is 10.2 Å². The van der Waals surface area contributed by atoms with Crippen LogP contribution in [0.25, 0.3) is 0 Å². The van der Waals surface area contributed by atoms with Gasteiger partial charge >= 0.3 is 0 Å². The summed E-state index contributed by atoms with van der Waals surface area (Å²) >= 11 is 6.08. The smallest absolute Gasteiger partial charge is 0.247 e. The van der Waals surface area contributed by atoms with Crippen LogP contribution in [0.3, 0.4) is 0 Å². The molecule has 1 N–H and O–H groups in total. The summed E-state index contributed by atoms with van der Waals surface area (Å²) in [6, 6.07) is 26.2. The second-order valence-corrected chi connectivity index (χ2v) is 8.88. The molecule has 0 heterocycles. The molecule has 3 rings (SSSR count). The molecule has 5 heteroatoms. The fraction of sp³-hybridized carbons (Fsp3) is 0.310. The van der Waals surface area contributed by atoms with Crippen LogP contribution in [0.4, 0.5) is 0 Å². The second-order valence-electron chi connectivity index (χ2n) is 8.45. The zero-order valence-electron chi connectivity index (χ0n) is 19.8. The van der Waals surface area contributed by atoms with Gasteiger partial charge in [0.05, 0.1) is 0 Å². The van der Waals surface area contributed by atoms with E-state index in [1.54, 1.807) is 4.90 Å². The van der Waals surface area contributed by atoms with E-state index in [0.29, 0.717) is 31.0 Å². The van der Waals surface area contributed by atoms with Crippen LogP contribution in [0, 0.1) is 0 Å². The minimum Gasteiger partial charge on any atom is -0.354 e. The molecule has 1 atom stereocenters. The Morgan fingerprint density at radius 2 is 1.50 bits per heavy atom. The van der Waals surface area contributed by atoms with Crippen molar-refractivity contribution in [1.29, 1.82) is 0 Å². The van der Waals surface area contributed by atoms with E-state index in [9.17, 15) is 9.59 Å². The third-order valence-corrected chi connectivity index (χ3v) is 6.06. The molecule has 34 heavy (non-hydrogen) atoms. The van der Waals surface area contributed by atoms with Crippen molar-refractivity contribution in [2.24, 2.45) is 0 Å². The number of unbranched alkanes of at least 4 members (excludes halogenated alkanes) is 2. The van der Waals surface area contributed by atoms with Gasteiger partial charge in [-0.1, -0.05) is 104 Å². The molecule has 2 amide bonds. The minimum atomic E-state index is -0.707. The van der Waals surface area contributed by atoms with Crippen molar-refractivity contribution in [3.8, 4) is 0 Å². The Hall–Kier alpha value is -3.11. The third-order valence-electron chi connectivity index (χ3n) is 5.81. The largest absolute Gasteiger partial charge is 0.354 e. The van der Waals surface area contributed by atoms with E-state index in [0.717, 1.165) is 36.0 Å². The lowest BCUT2D eigenvalue weighted by molar-refractivity contribution is -0.141. The van der Waals surface area contributed by atoms with E-state index in [-0.39, 0.29) is 11.8 Å². The summed E-state index contributed by atoms with van der Waals surface area (Å²) in [6.45, 7) is 3.06. The first kappa shape index (κ1) is 25.5. The van der Waals surface area contributed by atoms with E-state index in [4.69, 9.17) is 11.6 Å². The highest BCUT2D eigenvalue weighted by Gasteiger charge is 2.31. The van der Waals surface area contributed by atoms with Gasteiger partial charge in [-0.05, 0) is 41.7 Å². The first-order valence-corrected chi connectivity index (χ1v) is 12.4. The van der Waals surface area contributed by atoms with Crippen molar-refractivity contribution in [2.45, 2.75) is 51.6 Å². The lowest BCUT2D eigenvalue weighted by Crippen LogP contribution is -2.43. The summed E-state index contributed by atoms with van der Waals surface area (Å²) in [7, 11) is 0. The van der Waals surface area contributed by atoms with Gasteiger partial charge in [-0.3, -0.25) is 9.59 Å². The molecule has 178 valence electrons. The highest BCUT2D eigenvalue weighted by molar-refractivity contribution is 6.30. The fourth-order valence-electron chi connectivity index (χ4n) is 3.94. The van der Waals surface area contributed by atoms with Crippen LogP contribution in [-0.4, -0.2) is 23.3 Å². The zero-order valence-corrected chi connectivity index (χ0v) is 20.5. The molecule has 3 aromatic rings. The van der Waals surface area contributed by atoms with E-state index in [1.807, 2.05) is 84.9 Å². The lowest BCUT2D eigenvalue weighted by atomic mass is 10.0. The quantitative estimate of drug-likeness (QED) is 0.310. The van der Waals surface area contributed by atoms with Crippen molar-refractivity contribution in [3.63, 3.8) is 0 Å². The van der Waals surface area contributed by atoms with Crippen LogP contribution in [0.5, 0.6) is 0 Å². The molecule has 0 spiro atoms. The van der Waals surface area contributed by atoms with Gasteiger partial charge in [0.1, 0.15) is 6.04 Å². The van der Waals surface area contributed by atoms with Crippen molar-refractivity contribution in [2.75, 3.05) is 6.54 Å². The van der Waals surface area contributed by atoms with Crippen LogP contribution < -0.4 is 5.32 Å². The van der Waals surface area contributed by atoms with Gasteiger partial charge in [-0.25, -0.2) is 0 Å². The third kappa shape index (κ3) is 7.74. The Morgan fingerprint density at radius 3 is 2.15 bits per heavy atom. The number of carbonyl (C=O) groups is 2. The number of halogens is 1. The molecule has 0 aliphatic heterocycles. The van der Waals surface area contributed by atoms with Gasteiger partial charge in [-0.2, -0.15) is 0 Å². The molecule has 0 aliphatic carbocycles. The van der Waals surface area contributed by atoms with Crippen molar-refractivity contribution >= 4 is 23.4 Å². The number of nitrogens with one attached hydrogen (secondary N) is 1. The molecule has 0 fully saturated rings. The van der Waals surface area contributed by atoms with Crippen molar-refractivity contribution in [3.05, 3.63) is 107 Å². The number of amides is 2. The maximum atomic E-state index is 13.6. The molecular weight excluding hydrogens is 444 g/mol. The highest BCUT2D eigenvalue weighted by atomic mass is 35.5. The van der Waals surface area contributed by atoms with Crippen molar-refractivity contribution in [1.82, 2.24) is 10.2 Å². The number of hydrogen-bond donors (Lipinski definition) is 1. The first-order chi connectivity index (χ1) is 16.6. The normalized spacial score (nSPS) is 11.6. The summed E-state index contributed by atoms with van der Waals surface area (Å²) in [6.07, 6.45) is 4.00. The van der Waals surface area contributed by atoms with E-state index in [2.05, 4.69) is 12.2 Å². The van der Waals surface area contributed by atoms with E-state index >= 15 is 0 Å². The number of nitrogens with zero attached hydrogens (tertiary/aromatic N) is 1. The average molecular weight is 477 g/mol. The average Bonchev–Trinajstić information content (AvgIpc) is 2.87. The predicted molar refractivity (Wildman–Crippen MR) is 138 cm³/mol. The van der Waals surface area contributed by atoms with Gasteiger partial charge in [0.15, 0.2) is 0 Å². The summed E-state index contributed by atoms with van der Waals surface area (Å²) < 4.78 is 0. The molecule has 0 saturated heterocycles. The van der Waals surface area contributed by atoms with Crippen LogP contribution in [0.2, 0.25) is 5.02 Å². The Balaban J connectivity index is 1.88. The van der Waals surface area contributed by atoms with Gasteiger partial charge in [-0.15, -0.1) is 0 Å². The first-order valence-electron chi connectivity index (χ1n) is 12.0. The van der Waals surface area contributed by atoms with Gasteiger partial charge in [0.2, 0.25) is 11.8 Å². The second kappa shape index (κ2) is 13.6. The number of aryl methyl sites for hydroxylation is 1. The highest BCUT2D eigenvalue weighted by Crippen LogP contribution is 2.25. The Morgan fingerprint density at radius 1 is 0.853 bits per heavy atom. The molecule has 0 bridgehead atoms. The molecule has 0 saturated carbocycles. The standard InChI is InChI=1S/C29H33ClN2O2/c1-2-3-10-21-31-29(34)28(25-13-8-5-9-14-25)32(22-24-15-18-26(30)19-16-24)27(33)20-17-23-11-6-4-7-12-23/h4-9,11-16,18-19,28H,2-3,10,17,20-22H2,1H3,(H,31,34). The van der Waals surface area contributed by atoms with Gasteiger partial charge in [0, 0.05) is 24.5 Å². The predicted octanol–water partition coefficient (Wildman–Crippen LogP) is 6.35. The fourth-order valence-corrected chi connectivity index (χ4v) is 4.07. The van der Waals surface area contributed by atoms with Crippen LogP contribution in [0.15, 0.2) is 84.9 Å². The molecule has 0 aliphatic rings. The van der Waals surface area contributed by atoms with E-state index in [1.165, 1.54) is 0 Å². The Labute approximate surface area is 207 Å². The monoisotopic (exact) mass is 476 g/mol. The molecule has 4 nitrogen and oxygen atoms in total. The van der Waals surface area contributed by atoms with Crippen molar-refractivity contribution < 1.29 is 9.59 Å². The Bertz CT molecular complexity index is 1020. The summed E-state index contributed by atoms with van der Waals surface area (Å²) in [5.74, 6) is -0.208. The number of hydrogen-bond acceptors (Lipinski definition) is 2. The van der Waals surface area contributed by atoms with Gasteiger partial charge in [0.25, 0.3) is 0 Å². The number of benzene rings is 3. The Kier molecular flexibility index (Phi) is 10.2. The number of carbonyl (C=O) groups excluding carboxylic acids is 2. The molecule has 3 aromatic carbocycles.